The summed E-state index contributed by atoms with van der Waals surface area (Å²) in [5.41, 5.74) is 1.07. The van der Waals surface area contributed by atoms with E-state index < -0.39 is 17.8 Å². The first-order valence-electron chi connectivity index (χ1n) is 8.70. The van der Waals surface area contributed by atoms with Crippen molar-refractivity contribution in [1.82, 2.24) is 20.2 Å². The molecule has 0 atom stereocenters. The number of anilines is 1. The van der Waals surface area contributed by atoms with E-state index in [4.69, 9.17) is 16.3 Å². The van der Waals surface area contributed by atoms with Crippen LogP contribution in [-0.2, 0) is 14.3 Å². The molecule has 0 saturated heterocycles. The molecule has 0 saturated carbocycles. The maximum absolute atomic E-state index is 12.5. The van der Waals surface area contributed by atoms with Gasteiger partial charge >= 0.3 is 11.9 Å². The van der Waals surface area contributed by atoms with E-state index in [1.807, 2.05) is 0 Å². The maximum atomic E-state index is 12.5. The third-order valence-corrected chi connectivity index (χ3v) is 5.14. The molecule has 0 radical (unpaired) electrons. The van der Waals surface area contributed by atoms with E-state index in [0.717, 1.165) is 11.8 Å². The SMILES string of the molecule is COC(=O)c1ccc(C(=O)OC)c(NC(=O)CSc2nnnn2-c2ccc(Cl)cc2)c1. The lowest BCUT2D eigenvalue weighted by Crippen LogP contribution is -2.18. The highest BCUT2D eigenvalue weighted by Crippen LogP contribution is 2.22. The lowest BCUT2D eigenvalue weighted by Gasteiger charge is -2.11. The summed E-state index contributed by atoms with van der Waals surface area (Å²) in [5.74, 6) is -1.77. The van der Waals surface area contributed by atoms with Gasteiger partial charge in [0.05, 0.1) is 42.5 Å². The van der Waals surface area contributed by atoms with Crippen molar-refractivity contribution in [2.75, 3.05) is 25.3 Å². The predicted octanol–water partition coefficient (Wildman–Crippen LogP) is 2.62. The summed E-state index contributed by atoms with van der Waals surface area (Å²) < 4.78 is 10.9. The van der Waals surface area contributed by atoms with E-state index >= 15 is 0 Å². The van der Waals surface area contributed by atoms with Crippen molar-refractivity contribution in [3.05, 3.63) is 58.6 Å². The largest absolute Gasteiger partial charge is 0.465 e. The normalized spacial score (nSPS) is 10.4. The van der Waals surface area contributed by atoms with Gasteiger partial charge in [-0.25, -0.2) is 9.59 Å². The average molecular weight is 462 g/mol. The number of amides is 1. The molecule has 0 aliphatic carbocycles. The standard InChI is InChI=1S/C19H16ClN5O5S/c1-29-17(27)11-3-8-14(18(28)30-2)15(9-11)21-16(26)10-31-19-22-23-24-25(19)13-6-4-12(20)5-7-13/h3-9H,10H2,1-2H3,(H,21,26). The van der Waals surface area contributed by atoms with Crippen molar-refractivity contribution in [2.24, 2.45) is 0 Å². The lowest BCUT2D eigenvalue weighted by atomic mass is 10.1. The summed E-state index contributed by atoms with van der Waals surface area (Å²) in [5, 5.41) is 15.0. The molecule has 2 aromatic carbocycles. The molecule has 10 nitrogen and oxygen atoms in total. The maximum Gasteiger partial charge on any atom is 0.339 e. The van der Waals surface area contributed by atoms with Gasteiger partial charge in [0.15, 0.2) is 0 Å². The zero-order valence-corrected chi connectivity index (χ0v) is 17.9. The van der Waals surface area contributed by atoms with Gasteiger partial charge in [0, 0.05) is 5.02 Å². The molecule has 12 heteroatoms. The van der Waals surface area contributed by atoms with Gasteiger partial charge in [-0.2, -0.15) is 4.68 Å². The van der Waals surface area contributed by atoms with Crippen molar-refractivity contribution >= 4 is 46.9 Å². The van der Waals surface area contributed by atoms with Crippen LogP contribution in [0.2, 0.25) is 5.02 Å². The van der Waals surface area contributed by atoms with Gasteiger partial charge in [-0.05, 0) is 52.9 Å². The molecule has 3 rings (SSSR count). The summed E-state index contributed by atoms with van der Waals surface area (Å²) in [7, 11) is 2.45. The van der Waals surface area contributed by atoms with Crippen LogP contribution in [0.5, 0.6) is 0 Å². The molecular formula is C19H16ClN5O5S. The molecule has 0 fully saturated rings. The van der Waals surface area contributed by atoms with Crippen LogP contribution in [0.25, 0.3) is 5.69 Å². The number of hydrogen-bond donors (Lipinski definition) is 1. The Morgan fingerprint density at radius 3 is 2.45 bits per heavy atom. The van der Waals surface area contributed by atoms with Crippen LogP contribution < -0.4 is 5.32 Å². The number of rotatable bonds is 7. The van der Waals surface area contributed by atoms with Crippen molar-refractivity contribution in [2.45, 2.75) is 5.16 Å². The number of nitrogens with one attached hydrogen (secondary N) is 1. The Morgan fingerprint density at radius 2 is 1.77 bits per heavy atom. The van der Waals surface area contributed by atoms with Gasteiger partial charge in [-0.3, -0.25) is 4.79 Å². The van der Waals surface area contributed by atoms with Gasteiger partial charge in [0.25, 0.3) is 0 Å². The second-order valence-electron chi connectivity index (χ2n) is 5.93. The number of aromatic nitrogens is 4. The molecule has 31 heavy (non-hydrogen) atoms. The molecule has 0 aliphatic heterocycles. The zero-order valence-electron chi connectivity index (χ0n) is 16.4. The number of halogens is 1. The van der Waals surface area contributed by atoms with Crippen LogP contribution in [0.3, 0.4) is 0 Å². The Labute approximate surface area is 185 Å². The number of tetrazole rings is 1. The van der Waals surface area contributed by atoms with Crippen LogP contribution in [0.15, 0.2) is 47.6 Å². The number of thioether (sulfide) groups is 1. The zero-order chi connectivity index (χ0) is 22.4. The number of hydrogen-bond acceptors (Lipinski definition) is 9. The van der Waals surface area contributed by atoms with E-state index in [1.54, 1.807) is 24.3 Å². The highest BCUT2D eigenvalue weighted by molar-refractivity contribution is 7.99. The number of carbonyl (C=O) groups is 3. The Hall–Kier alpha value is -3.44. The van der Waals surface area contributed by atoms with E-state index in [9.17, 15) is 14.4 Å². The Balaban J connectivity index is 1.74. The van der Waals surface area contributed by atoms with Gasteiger partial charge in [-0.1, -0.05) is 23.4 Å². The van der Waals surface area contributed by atoms with Crippen LogP contribution in [0, 0.1) is 0 Å². The van der Waals surface area contributed by atoms with E-state index in [1.165, 1.54) is 37.1 Å². The molecule has 1 N–H and O–H groups in total. The monoisotopic (exact) mass is 461 g/mol. The van der Waals surface area contributed by atoms with Crippen molar-refractivity contribution in [3.63, 3.8) is 0 Å². The second kappa shape index (κ2) is 10.0. The summed E-state index contributed by atoms with van der Waals surface area (Å²) in [4.78, 5) is 36.3. The summed E-state index contributed by atoms with van der Waals surface area (Å²) in [6, 6.07) is 11.0. The molecular weight excluding hydrogens is 446 g/mol. The minimum absolute atomic E-state index is 0.0585. The topological polar surface area (TPSA) is 125 Å². The Kier molecular flexibility index (Phi) is 7.21. The third kappa shape index (κ3) is 5.38. The van der Waals surface area contributed by atoms with Crippen LogP contribution in [0.4, 0.5) is 5.69 Å². The summed E-state index contributed by atoms with van der Waals surface area (Å²) in [6.45, 7) is 0. The van der Waals surface area contributed by atoms with Crippen LogP contribution in [-0.4, -0.2) is 58.0 Å². The number of benzene rings is 2. The quantitative estimate of drug-likeness (QED) is 0.417. The fraction of sp³-hybridized carbons (Fsp3) is 0.158. The molecule has 0 spiro atoms. The minimum atomic E-state index is -0.661. The van der Waals surface area contributed by atoms with Crippen molar-refractivity contribution in [1.29, 1.82) is 0 Å². The first kappa shape index (κ1) is 22.2. The summed E-state index contributed by atoms with van der Waals surface area (Å²) in [6.07, 6.45) is 0. The Morgan fingerprint density at radius 1 is 1.06 bits per heavy atom. The number of nitrogens with zero attached hydrogens (tertiary/aromatic N) is 4. The molecule has 0 unspecified atom stereocenters. The number of esters is 2. The number of carbonyl (C=O) groups excluding carboxylic acids is 3. The van der Waals surface area contributed by atoms with Crippen molar-refractivity contribution in [3.8, 4) is 5.69 Å². The molecule has 0 bridgehead atoms. The first-order valence-corrected chi connectivity index (χ1v) is 10.1. The smallest absolute Gasteiger partial charge is 0.339 e. The molecule has 0 aliphatic rings. The second-order valence-corrected chi connectivity index (χ2v) is 7.31. The lowest BCUT2D eigenvalue weighted by molar-refractivity contribution is -0.113. The highest BCUT2D eigenvalue weighted by Gasteiger charge is 2.18. The molecule has 1 heterocycles. The highest BCUT2D eigenvalue weighted by atomic mass is 35.5. The summed E-state index contributed by atoms with van der Waals surface area (Å²) >= 11 is 6.99. The van der Waals surface area contributed by atoms with Crippen LogP contribution >= 0.6 is 23.4 Å². The molecule has 1 aromatic heterocycles. The van der Waals surface area contributed by atoms with Gasteiger partial charge in [0.1, 0.15) is 0 Å². The fourth-order valence-electron chi connectivity index (χ4n) is 2.51. The Bertz CT molecular complexity index is 1120. The predicted molar refractivity (Wildman–Crippen MR) is 113 cm³/mol. The van der Waals surface area contributed by atoms with Gasteiger partial charge < -0.3 is 14.8 Å². The fourth-order valence-corrected chi connectivity index (χ4v) is 3.33. The number of ether oxygens (including phenoxy) is 2. The van der Waals surface area contributed by atoms with Gasteiger partial charge in [-0.15, -0.1) is 5.10 Å². The first-order chi connectivity index (χ1) is 14.9. The average Bonchev–Trinajstić information content (AvgIpc) is 3.25. The van der Waals surface area contributed by atoms with Gasteiger partial charge in [0.2, 0.25) is 11.1 Å². The van der Waals surface area contributed by atoms with Crippen molar-refractivity contribution < 1.29 is 23.9 Å². The minimum Gasteiger partial charge on any atom is -0.465 e. The molecule has 3 aromatic rings. The number of methoxy groups -OCH3 is 2. The molecule has 160 valence electrons. The molecule has 1 amide bonds. The van der Waals surface area contributed by atoms with E-state index in [0.29, 0.717) is 15.9 Å². The third-order valence-electron chi connectivity index (χ3n) is 3.96. The van der Waals surface area contributed by atoms with E-state index in [-0.39, 0.29) is 22.6 Å². The van der Waals surface area contributed by atoms with E-state index in [2.05, 4.69) is 25.6 Å². The van der Waals surface area contributed by atoms with Crippen LogP contribution in [0.1, 0.15) is 20.7 Å².